The van der Waals surface area contributed by atoms with Crippen molar-refractivity contribution in [2.24, 2.45) is 0 Å². The highest BCUT2D eigenvalue weighted by molar-refractivity contribution is 6.32. The van der Waals surface area contributed by atoms with Crippen molar-refractivity contribution in [1.29, 1.82) is 0 Å². The Morgan fingerprint density at radius 3 is 2.53 bits per heavy atom. The second-order valence-electron chi connectivity index (χ2n) is 2.97. The predicted molar refractivity (Wildman–Crippen MR) is 54.1 cm³/mol. The van der Waals surface area contributed by atoms with Crippen molar-refractivity contribution in [2.45, 2.75) is 19.7 Å². The van der Waals surface area contributed by atoms with E-state index < -0.39 is 18.1 Å². The van der Waals surface area contributed by atoms with Gasteiger partial charge in [0.25, 0.3) is 0 Å². The number of halogens is 4. The molecule has 17 heavy (non-hydrogen) atoms. The molecule has 3 nitrogen and oxygen atoms in total. The van der Waals surface area contributed by atoms with Crippen molar-refractivity contribution in [1.82, 2.24) is 0 Å². The lowest BCUT2D eigenvalue weighted by atomic mass is 10.3. The van der Waals surface area contributed by atoms with E-state index >= 15 is 0 Å². The quantitative estimate of drug-likeness (QED) is 0.621. The number of carbonyl (C=O) groups is 1. The van der Waals surface area contributed by atoms with Gasteiger partial charge >= 0.3 is 12.3 Å². The topological polar surface area (TPSA) is 35.5 Å². The number of ether oxygens (including phenoxy) is 2. The summed E-state index contributed by atoms with van der Waals surface area (Å²) in [6.07, 6.45) is -4.66. The molecule has 1 aromatic carbocycles. The average molecular weight is 269 g/mol. The summed E-state index contributed by atoms with van der Waals surface area (Å²) in [7, 11) is 0. The summed E-state index contributed by atoms with van der Waals surface area (Å²) < 4.78 is 44.2. The smallest absolute Gasteiger partial charge is 0.426 e. The van der Waals surface area contributed by atoms with Crippen LogP contribution in [-0.2, 0) is 4.79 Å². The number of hydrogen-bond acceptors (Lipinski definition) is 3. The molecule has 0 aliphatic carbocycles. The summed E-state index contributed by atoms with van der Waals surface area (Å²) in [6.45, 7) is 1.59. The van der Waals surface area contributed by atoms with Crippen molar-refractivity contribution in [3.8, 4) is 11.5 Å². The summed E-state index contributed by atoms with van der Waals surface area (Å²) >= 11 is 5.55. The van der Waals surface area contributed by atoms with Crippen molar-refractivity contribution >= 4 is 17.6 Å². The fourth-order valence-electron chi connectivity index (χ4n) is 0.956. The molecule has 0 fully saturated rings. The summed E-state index contributed by atoms with van der Waals surface area (Å²) in [5, 5.41) is -0.288. The Hall–Kier alpha value is -1.43. The van der Waals surface area contributed by atoms with Crippen LogP contribution in [0.4, 0.5) is 13.2 Å². The lowest BCUT2D eigenvalue weighted by molar-refractivity contribution is -0.274. The van der Waals surface area contributed by atoms with Crippen LogP contribution in [0.1, 0.15) is 13.3 Å². The summed E-state index contributed by atoms with van der Waals surface area (Å²) in [4.78, 5) is 10.9. The zero-order chi connectivity index (χ0) is 13.1. The zero-order valence-electron chi connectivity index (χ0n) is 8.68. The molecule has 0 radical (unpaired) electrons. The van der Waals surface area contributed by atoms with Gasteiger partial charge in [0.2, 0.25) is 0 Å². The molecule has 0 N–H and O–H groups in total. The Morgan fingerprint density at radius 1 is 1.41 bits per heavy atom. The molecule has 7 heteroatoms. The lowest BCUT2D eigenvalue weighted by Gasteiger charge is -2.11. The SMILES string of the molecule is CCC(=O)Oc1ccc(OC(F)(F)F)c(Cl)c1. The molecule has 0 heterocycles. The second-order valence-corrected chi connectivity index (χ2v) is 3.37. The standard InChI is InChI=1S/C10H8ClF3O3/c1-2-9(15)16-6-3-4-8(7(11)5-6)17-10(12,13)14/h3-5H,2H2,1H3. The first kappa shape index (κ1) is 13.6. The van der Waals surface area contributed by atoms with E-state index in [0.717, 1.165) is 12.1 Å². The van der Waals surface area contributed by atoms with E-state index in [-0.39, 0.29) is 17.2 Å². The number of hydrogen-bond donors (Lipinski definition) is 0. The van der Waals surface area contributed by atoms with E-state index in [0.29, 0.717) is 0 Å². The van der Waals surface area contributed by atoms with Gasteiger partial charge in [0.05, 0.1) is 5.02 Å². The van der Waals surface area contributed by atoms with Crippen LogP contribution in [-0.4, -0.2) is 12.3 Å². The van der Waals surface area contributed by atoms with E-state index in [2.05, 4.69) is 4.74 Å². The van der Waals surface area contributed by atoms with Crippen LogP contribution < -0.4 is 9.47 Å². The van der Waals surface area contributed by atoms with Gasteiger partial charge in [0.15, 0.2) is 0 Å². The van der Waals surface area contributed by atoms with Crippen LogP contribution in [0.2, 0.25) is 5.02 Å². The van der Waals surface area contributed by atoms with Crippen molar-refractivity contribution in [3.63, 3.8) is 0 Å². The van der Waals surface area contributed by atoms with Gasteiger partial charge in [-0.2, -0.15) is 0 Å². The highest BCUT2D eigenvalue weighted by Crippen LogP contribution is 2.32. The maximum Gasteiger partial charge on any atom is 0.573 e. The summed E-state index contributed by atoms with van der Waals surface area (Å²) in [5.74, 6) is -0.989. The third-order valence-corrected chi connectivity index (χ3v) is 1.94. The average Bonchev–Trinajstić information content (AvgIpc) is 2.20. The minimum absolute atomic E-state index is 0.0661. The highest BCUT2D eigenvalue weighted by Gasteiger charge is 2.32. The fraction of sp³-hybridized carbons (Fsp3) is 0.300. The van der Waals surface area contributed by atoms with E-state index in [1.54, 1.807) is 6.92 Å². The molecule has 0 unspecified atom stereocenters. The van der Waals surface area contributed by atoms with Crippen LogP contribution in [0, 0.1) is 0 Å². The van der Waals surface area contributed by atoms with Crippen LogP contribution in [0.25, 0.3) is 0 Å². The van der Waals surface area contributed by atoms with Gasteiger partial charge in [-0.3, -0.25) is 4.79 Å². The van der Waals surface area contributed by atoms with Crippen molar-refractivity contribution in [3.05, 3.63) is 23.2 Å². The van der Waals surface area contributed by atoms with E-state index in [1.165, 1.54) is 6.07 Å². The maximum absolute atomic E-state index is 11.9. The fourth-order valence-corrected chi connectivity index (χ4v) is 1.17. The molecule has 1 aromatic rings. The molecule has 0 aromatic heterocycles. The first-order valence-corrected chi connectivity index (χ1v) is 4.95. The molecule has 0 bridgehead atoms. The Morgan fingerprint density at radius 2 is 2.06 bits per heavy atom. The predicted octanol–water partition coefficient (Wildman–Crippen LogP) is 3.55. The molecule has 1 rings (SSSR count). The van der Waals surface area contributed by atoms with Crippen molar-refractivity contribution in [2.75, 3.05) is 0 Å². The first-order valence-electron chi connectivity index (χ1n) is 4.58. The van der Waals surface area contributed by atoms with Crippen LogP contribution in [0.5, 0.6) is 11.5 Å². The maximum atomic E-state index is 11.9. The van der Waals surface area contributed by atoms with Crippen molar-refractivity contribution < 1.29 is 27.4 Å². The molecule has 0 aliphatic heterocycles. The molecular weight excluding hydrogens is 261 g/mol. The number of carbonyl (C=O) groups excluding carboxylic acids is 1. The summed E-state index contributed by atoms with van der Waals surface area (Å²) in [6, 6.07) is 3.23. The van der Waals surface area contributed by atoms with Gasteiger partial charge in [-0.1, -0.05) is 18.5 Å². The molecular formula is C10H8ClF3O3. The number of esters is 1. The minimum atomic E-state index is -4.81. The Bertz CT molecular complexity index is 418. The van der Waals surface area contributed by atoms with Gasteiger partial charge in [-0.15, -0.1) is 13.2 Å². The number of rotatable bonds is 3. The monoisotopic (exact) mass is 268 g/mol. The third-order valence-electron chi connectivity index (χ3n) is 1.65. The second kappa shape index (κ2) is 5.27. The zero-order valence-corrected chi connectivity index (χ0v) is 9.43. The largest absolute Gasteiger partial charge is 0.573 e. The van der Waals surface area contributed by atoms with E-state index in [1.807, 2.05) is 0 Å². The molecule has 0 aliphatic rings. The number of benzene rings is 1. The normalized spacial score (nSPS) is 11.1. The van der Waals surface area contributed by atoms with E-state index in [4.69, 9.17) is 16.3 Å². The molecule has 0 spiro atoms. The Balaban J connectivity index is 2.83. The van der Waals surface area contributed by atoms with Gasteiger partial charge in [0, 0.05) is 12.5 Å². The molecule has 0 atom stereocenters. The Labute approximate surface area is 100 Å². The van der Waals surface area contributed by atoms with E-state index in [9.17, 15) is 18.0 Å². The number of alkyl halides is 3. The minimum Gasteiger partial charge on any atom is -0.426 e. The van der Waals surface area contributed by atoms with Gasteiger partial charge in [-0.25, -0.2) is 0 Å². The van der Waals surface area contributed by atoms with Crippen LogP contribution >= 0.6 is 11.6 Å². The molecule has 0 saturated carbocycles. The first-order chi connectivity index (χ1) is 7.81. The highest BCUT2D eigenvalue weighted by atomic mass is 35.5. The van der Waals surface area contributed by atoms with Gasteiger partial charge in [-0.05, 0) is 12.1 Å². The van der Waals surface area contributed by atoms with Gasteiger partial charge < -0.3 is 9.47 Å². The molecule has 0 saturated heterocycles. The van der Waals surface area contributed by atoms with Gasteiger partial charge in [0.1, 0.15) is 11.5 Å². The molecule has 94 valence electrons. The summed E-state index contributed by atoms with van der Waals surface area (Å²) in [5.41, 5.74) is 0. The van der Waals surface area contributed by atoms with Crippen LogP contribution in [0.15, 0.2) is 18.2 Å². The molecule has 0 amide bonds. The lowest BCUT2D eigenvalue weighted by Crippen LogP contribution is -2.17. The third kappa shape index (κ3) is 4.52. The Kier molecular flexibility index (Phi) is 4.22. The van der Waals surface area contributed by atoms with Crippen LogP contribution in [0.3, 0.4) is 0 Å².